The fraction of sp³-hybridized carbons (Fsp3) is 0.611. The van der Waals surface area contributed by atoms with Gasteiger partial charge in [0, 0.05) is 18.1 Å². The van der Waals surface area contributed by atoms with E-state index in [-0.39, 0.29) is 16.8 Å². The number of likely N-dealkylation sites (tertiary alicyclic amines) is 1. The van der Waals surface area contributed by atoms with E-state index in [1.165, 1.54) is 15.6 Å². The summed E-state index contributed by atoms with van der Waals surface area (Å²) in [5.74, 6) is 0.203. The Kier molecular flexibility index (Phi) is 6.22. The summed E-state index contributed by atoms with van der Waals surface area (Å²) in [5.41, 5.74) is 0. The number of benzene rings is 1. The highest BCUT2D eigenvalue weighted by Crippen LogP contribution is 2.18. The summed E-state index contributed by atoms with van der Waals surface area (Å²) < 4.78 is 27.0. The number of nitrogens with one attached hydrogen (secondary N) is 1. The Morgan fingerprint density at radius 3 is 2.19 bits per heavy atom. The van der Waals surface area contributed by atoms with E-state index in [0.29, 0.717) is 31.2 Å². The van der Waals surface area contributed by atoms with Crippen LogP contribution in [0.4, 0.5) is 0 Å². The number of hydrogen-bond acceptors (Lipinski definition) is 3. The molecule has 1 atom stereocenters. The van der Waals surface area contributed by atoms with Crippen LogP contribution in [0.15, 0.2) is 29.2 Å². The summed E-state index contributed by atoms with van der Waals surface area (Å²) in [5, 5.41) is 0.517. The molecule has 0 bridgehead atoms. The fourth-order valence-corrected chi connectivity index (χ4v) is 5.33. The van der Waals surface area contributed by atoms with Crippen molar-refractivity contribution in [3.63, 3.8) is 0 Å². The maximum atomic E-state index is 12.8. The predicted octanol–water partition coefficient (Wildman–Crippen LogP) is 0.630. The Hall–Kier alpha value is -1.15. The van der Waals surface area contributed by atoms with Crippen LogP contribution in [0.25, 0.3) is 0 Å². The first-order valence-corrected chi connectivity index (χ1v) is 11.1. The van der Waals surface area contributed by atoms with E-state index in [9.17, 15) is 13.2 Å². The maximum absolute atomic E-state index is 12.8. The largest absolute Gasteiger partial charge is 0.338 e. The van der Waals surface area contributed by atoms with Crippen LogP contribution < -0.4 is 4.90 Å². The number of rotatable bonds is 4. The second kappa shape index (κ2) is 8.25. The first kappa shape index (κ1) is 19.6. The van der Waals surface area contributed by atoms with Crippen molar-refractivity contribution in [1.82, 2.24) is 9.21 Å². The SMILES string of the molecule is C[C@H](C(=O)N1CCCCC1)[NH+]1CCN(S(=O)(=O)c2ccc(Cl)cc2)CC1. The van der Waals surface area contributed by atoms with Crippen molar-refractivity contribution in [2.24, 2.45) is 0 Å². The van der Waals surface area contributed by atoms with E-state index in [0.717, 1.165) is 25.9 Å². The molecule has 2 aliphatic rings. The lowest BCUT2D eigenvalue weighted by atomic mass is 10.1. The number of halogens is 1. The smallest absolute Gasteiger partial charge is 0.280 e. The zero-order valence-corrected chi connectivity index (χ0v) is 16.7. The highest BCUT2D eigenvalue weighted by molar-refractivity contribution is 7.89. The second-order valence-electron chi connectivity index (χ2n) is 7.12. The van der Waals surface area contributed by atoms with Crippen molar-refractivity contribution in [3.05, 3.63) is 29.3 Å². The molecule has 1 aromatic rings. The molecule has 144 valence electrons. The zero-order chi connectivity index (χ0) is 18.7. The van der Waals surface area contributed by atoms with Gasteiger partial charge in [-0.25, -0.2) is 8.42 Å². The van der Waals surface area contributed by atoms with Crippen LogP contribution in [0.2, 0.25) is 5.02 Å². The molecule has 1 aromatic carbocycles. The van der Waals surface area contributed by atoms with Crippen LogP contribution in [0.1, 0.15) is 26.2 Å². The van der Waals surface area contributed by atoms with E-state index in [1.807, 2.05) is 11.8 Å². The van der Waals surface area contributed by atoms with Crippen molar-refractivity contribution in [2.75, 3.05) is 39.3 Å². The average Bonchev–Trinajstić information content (AvgIpc) is 2.68. The molecule has 6 nitrogen and oxygen atoms in total. The van der Waals surface area contributed by atoms with E-state index in [4.69, 9.17) is 11.6 Å². The van der Waals surface area contributed by atoms with Gasteiger partial charge in [-0.1, -0.05) is 11.6 Å². The molecule has 2 saturated heterocycles. The number of carbonyl (C=O) groups is 1. The number of sulfonamides is 1. The normalized spacial score (nSPS) is 21.5. The molecule has 0 spiro atoms. The highest BCUT2D eigenvalue weighted by atomic mass is 35.5. The number of piperidine rings is 1. The van der Waals surface area contributed by atoms with E-state index in [1.54, 1.807) is 24.3 Å². The van der Waals surface area contributed by atoms with Crippen LogP contribution in [0.3, 0.4) is 0 Å². The number of nitrogens with zero attached hydrogens (tertiary/aromatic N) is 2. The summed E-state index contributed by atoms with van der Waals surface area (Å²) in [6.07, 6.45) is 3.37. The number of piperazine rings is 1. The second-order valence-corrected chi connectivity index (χ2v) is 9.50. The Labute approximate surface area is 160 Å². The van der Waals surface area contributed by atoms with Crippen LogP contribution >= 0.6 is 11.6 Å². The summed E-state index contributed by atoms with van der Waals surface area (Å²) in [4.78, 5) is 16.1. The van der Waals surface area contributed by atoms with Gasteiger partial charge < -0.3 is 9.80 Å². The standard InChI is InChI=1S/C18H26ClN3O3S/c1-15(18(23)21-9-3-2-4-10-21)20-11-13-22(14-12-20)26(24,25)17-7-5-16(19)6-8-17/h5-8,15H,2-4,9-14H2,1H3/p+1/t15-/m1/s1. The van der Waals surface area contributed by atoms with Gasteiger partial charge in [0.15, 0.2) is 6.04 Å². The minimum absolute atomic E-state index is 0.117. The third-order valence-corrected chi connectivity index (χ3v) is 7.63. The molecule has 2 heterocycles. The first-order valence-electron chi connectivity index (χ1n) is 9.28. The number of quaternary nitrogens is 1. The van der Waals surface area contributed by atoms with E-state index >= 15 is 0 Å². The molecule has 0 radical (unpaired) electrons. The van der Waals surface area contributed by atoms with Gasteiger partial charge in [-0.05, 0) is 50.5 Å². The van der Waals surface area contributed by atoms with Crippen LogP contribution in [0, 0.1) is 0 Å². The first-order chi connectivity index (χ1) is 12.4. The molecule has 0 aliphatic carbocycles. The number of amides is 1. The van der Waals surface area contributed by atoms with Crippen LogP contribution in [-0.4, -0.2) is 68.8 Å². The number of hydrogen-bond donors (Lipinski definition) is 1. The molecule has 8 heteroatoms. The number of carbonyl (C=O) groups excluding carboxylic acids is 1. The van der Waals surface area contributed by atoms with Gasteiger partial charge in [-0.15, -0.1) is 0 Å². The minimum Gasteiger partial charge on any atom is -0.338 e. The molecule has 1 N–H and O–H groups in total. The molecule has 2 aliphatic heterocycles. The Balaban J connectivity index is 1.59. The van der Waals surface area contributed by atoms with Crippen LogP contribution in [0.5, 0.6) is 0 Å². The summed E-state index contributed by atoms with van der Waals surface area (Å²) in [6, 6.07) is 6.15. The van der Waals surface area contributed by atoms with E-state index < -0.39 is 10.0 Å². The van der Waals surface area contributed by atoms with Crippen molar-refractivity contribution < 1.29 is 18.1 Å². The van der Waals surface area contributed by atoms with E-state index in [2.05, 4.69) is 0 Å². The molecule has 2 fully saturated rings. The quantitative estimate of drug-likeness (QED) is 0.806. The van der Waals surface area contributed by atoms with Crippen molar-refractivity contribution in [1.29, 1.82) is 0 Å². The van der Waals surface area contributed by atoms with Gasteiger partial charge in [0.05, 0.1) is 31.1 Å². The van der Waals surface area contributed by atoms with Crippen molar-refractivity contribution in [2.45, 2.75) is 37.1 Å². The molecular weight excluding hydrogens is 374 g/mol. The maximum Gasteiger partial charge on any atom is 0.280 e. The third-order valence-electron chi connectivity index (χ3n) is 5.47. The molecule has 1 amide bonds. The van der Waals surface area contributed by atoms with Crippen molar-refractivity contribution >= 4 is 27.5 Å². The fourth-order valence-electron chi connectivity index (χ4n) is 3.77. The third kappa shape index (κ3) is 4.22. The lowest BCUT2D eigenvalue weighted by Gasteiger charge is -2.36. The van der Waals surface area contributed by atoms with Gasteiger partial charge in [-0.2, -0.15) is 4.31 Å². The molecule has 26 heavy (non-hydrogen) atoms. The monoisotopic (exact) mass is 400 g/mol. The molecule has 0 unspecified atom stereocenters. The molecule has 0 saturated carbocycles. The van der Waals surface area contributed by atoms with Crippen molar-refractivity contribution in [3.8, 4) is 0 Å². The summed E-state index contributed by atoms with van der Waals surface area (Å²) >= 11 is 5.85. The molecular formula is C18H27ClN3O3S+. The summed E-state index contributed by atoms with van der Waals surface area (Å²) in [6.45, 7) is 5.83. The van der Waals surface area contributed by atoms with Gasteiger partial charge in [0.2, 0.25) is 10.0 Å². The van der Waals surface area contributed by atoms with Gasteiger partial charge in [0.1, 0.15) is 0 Å². The van der Waals surface area contributed by atoms with Gasteiger partial charge >= 0.3 is 0 Å². The summed E-state index contributed by atoms with van der Waals surface area (Å²) in [7, 11) is -3.50. The topological polar surface area (TPSA) is 62.1 Å². The minimum atomic E-state index is -3.50. The highest BCUT2D eigenvalue weighted by Gasteiger charge is 2.36. The predicted molar refractivity (Wildman–Crippen MR) is 101 cm³/mol. The lowest BCUT2D eigenvalue weighted by Crippen LogP contribution is -3.19. The lowest BCUT2D eigenvalue weighted by molar-refractivity contribution is -0.918. The van der Waals surface area contributed by atoms with Gasteiger partial charge in [0.25, 0.3) is 5.91 Å². The Morgan fingerprint density at radius 2 is 1.62 bits per heavy atom. The van der Waals surface area contributed by atoms with Gasteiger partial charge in [-0.3, -0.25) is 4.79 Å². The zero-order valence-electron chi connectivity index (χ0n) is 15.2. The van der Waals surface area contributed by atoms with Crippen LogP contribution in [-0.2, 0) is 14.8 Å². The Morgan fingerprint density at radius 1 is 1.04 bits per heavy atom. The Bertz CT molecular complexity index is 725. The average molecular weight is 401 g/mol. The molecule has 3 rings (SSSR count). The molecule has 0 aromatic heterocycles.